The van der Waals surface area contributed by atoms with E-state index in [1.807, 2.05) is 0 Å². The van der Waals surface area contributed by atoms with Gasteiger partial charge in [0.15, 0.2) is 0 Å². The third-order valence-corrected chi connectivity index (χ3v) is 3.27. The zero-order valence-electron chi connectivity index (χ0n) is 10.8. The van der Waals surface area contributed by atoms with Crippen LogP contribution in [0, 0.1) is 0 Å². The molecule has 1 saturated carbocycles. The molecule has 1 fully saturated rings. The van der Waals surface area contributed by atoms with Crippen LogP contribution in [0.4, 0.5) is 0 Å². The zero-order valence-corrected chi connectivity index (χ0v) is 10.8. The largest absolute Gasteiger partial charge is 0.508 e. The van der Waals surface area contributed by atoms with Gasteiger partial charge in [-0.05, 0) is 25.0 Å². The predicted molar refractivity (Wildman–Crippen MR) is 70.3 cm³/mol. The van der Waals surface area contributed by atoms with E-state index in [-0.39, 0.29) is 23.0 Å². The first-order chi connectivity index (χ1) is 9.16. The molecule has 1 aromatic rings. The summed E-state index contributed by atoms with van der Waals surface area (Å²) in [6, 6.07) is 3.89. The summed E-state index contributed by atoms with van der Waals surface area (Å²) in [6.07, 6.45) is 4.98. The maximum absolute atomic E-state index is 11.8. The summed E-state index contributed by atoms with van der Waals surface area (Å²) in [5.41, 5.74) is 0.152. The standard InChI is InChI=1S/C14H19NO4/c16-10-5-6-12(13(17)9-10)14(18)15-7-8-19-11-3-1-2-4-11/h5-6,9,11,16-17H,1-4,7-8H2,(H,15,18). The van der Waals surface area contributed by atoms with Gasteiger partial charge in [-0.3, -0.25) is 4.79 Å². The van der Waals surface area contributed by atoms with E-state index in [1.54, 1.807) is 0 Å². The minimum Gasteiger partial charge on any atom is -0.508 e. The summed E-state index contributed by atoms with van der Waals surface area (Å²) in [5.74, 6) is -0.666. The van der Waals surface area contributed by atoms with Crippen molar-refractivity contribution in [2.45, 2.75) is 31.8 Å². The van der Waals surface area contributed by atoms with Gasteiger partial charge in [-0.2, -0.15) is 0 Å². The van der Waals surface area contributed by atoms with Crippen LogP contribution in [0.25, 0.3) is 0 Å². The number of aromatic hydroxyl groups is 2. The number of carbonyl (C=O) groups is 1. The van der Waals surface area contributed by atoms with Crippen LogP contribution < -0.4 is 5.32 Å². The van der Waals surface area contributed by atoms with Gasteiger partial charge >= 0.3 is 0 Å². The monoisotopic (exact) mass is 265 g/mol. The van der Waals surface area contributed by atoms with Gasteiger partial charge in [-0.25, -0.2) is 0 Å². The van der Waals surface area contributed by atoms with Crippen LogP contribution in [0.15, 0.2) is 18.2 Å². The normalized spacial score (nSPS) is 15.6. The lowest BCUT2D eigenvalue weighted by Crippen LogP contribution is -2.28. The van der Waals surface area contributed by atoms with Crippen molar-refractivity contribution in [3.05, 3.63) is 23.8 Å². The van der Waals surface area contributed by atoms with Gasteiger partial charge in [-0.15, -0.1) is 0 Å². The van der Waals surface area contributed by atoms with Gasteiger partial charge in [0, 0.05) is 12.6 Å². The summed E-state index contributed by atoms with van der Waals surface area (Å²) >= 11 is 0. The van der Waals surface area contributed by atoms with E-state index >= 15 is 0 Å². The molecule has 0 heterocycles. The van der Waals surface area contributed by atoms with Crippen LogP contribution in [0.2, 0.25) is 0 Å². The van der Waals surface area contributed by atoms with Crippen LogP contribution in [0.3, 0.4) is 0 Å². The van der Waals surface area contributed by atoms with Gasteiger partial charge in [-0.1, -0.05) is 12.8 Å². The minimum absolute atomic E-state index is 0.0707. The molecule has 1 amide bonds. The lowest BCUT2D eigenvalue weighted by molar-refractivity contribution is 0.0581. The van der Waals surface area contributed by atoms with E-state index < -0.39 is 0 Å². The smallest absolute Gasteiger partial charge is 0.255 e. The summed E-state index contributed by atoms with van der Waals surface area (Å²) in [7, 11) is 0. The van der Waals surface area contributed by atoms with Crippen molar-refractivity contribution in [3.8, 4) is 11.5 Å². The molecule has 1 aromatic carbocycles. The second-order valence-corrected chi connectivity index (χ2v) is 4.73. The molecule has 0 spiro atoms. The Bertz CT molecular complexity index is 441. The molecule has 0 aliphatic heterocycles. The molecule has 0 bridgehead atoms. The van der Waals surface area contributed by atoms with Crippen LogP contribution in [-0.2, 0) is 4.74 Å². The van der Waals surface area contributed by atoms with E-state index in [9.17, 15) is 9.90 Å². The molecular formula is C14H19NO4. The number of carbonyl (C=O) groups excluding carboxylic acids is 1. The fraction of sp³-hybridized carbons (Fsp3) is 0.500. The van der Waals surface area contributed by atoms with Crippen molar-refractivity contribution in [2.75, 3.05) is 13.2 Å². The topological polar surface area (TPSA) is 78.8 Å². The Hall–Kier alpha value is -1.75. The molecule has 0 saturated heterocycles. The fourth-order valence-electron chi connectivity index (χ4n) is 2.25. The Labute approximate surface area is 112 Å². The second-order valence-electron chi connectivity index (χ2n) is 4.73. The van der Waals surface area contributed by atoms with Crippen molar-refractivity contribution in [3.63, 3.8) is 0 Å². The van der Waals surface area contributed by atoms with Crippen molar-refractivity contribution < 1.29 is 19.7 Å². The number of phenols is 2. The molecule has 1 aliphatic rings. The highest BCUT2D eigenvalue weighted by molar-refractivity contribution is 5.96. The highest BCUT2D eigenvalue weighted by Crippen LogP contribution is 2.22. The quantitative estimate of drug-likeness (QED) is 0.709. The molecule has 2 rings (SSSR count). The second kappa shape index (κ2) is 6.43. The first-order valence-electron chi connectivity index (χ1n) is 6.58. The molecule has 5 nitrogen and oxygen atoms in total. The SMILES string of the molecule is O=C(NCCOC1CCCC1)c1ccc(O)cc1O. The molecule has 3 N–H and O–H groups in total. The Morgan fingerprint density at radius 3 is 2.74 bits per heavy atom. The molecule has 1 aliphatic carbocycles. The van der Waals surface area contributed by atoms with Crippen LogP contribution in [-0.4, -0.2) is 35.4 Å². The van der Waals surface area contributed by atoms with Gasteiger partial charge in [0.05, 0.1) is 18.3 Å². The summed E-state index contributed by atoms with van der Waals surface area (Å²) in [6.45, 7) is 0.894. The number of hydrogen-bond donors (Lipinski definition) is 3. The third-order valence-electron chi connectivity index (χ3n) is 3.27. The van der Waals surface area contributed by atoms with Crippen LogP contribution >= 0.6 is 0 Å². The molecule has 5 heteroatoms. The van der Waals surface area contributed by atoms with Gasteiger partial charge < -0.3 is 20.3 Å². The maximum Gasteiger partial charge on any atom is 0.255 e. The number of benzene rings is 1. The average molecular weight is 265 g/mol. The molecular weight excluding hydrogens is 246 g/mol. The molecule has 104 valence electrons. The number of hydrogen-bond acceptors (Lipinski definition) is 4. The number of amides is 1. The summed E-state index contributed by atoms with van der Waals surface area (Å²) in [5, 5.41) is 21.4. The lowest BCUT2D eigenvalue weighted by atomic mass is 10.2. The van der Waals surface area contributed by atoms with Crippen LogP contribution in [0.1, 0.15) is 36.0 Å². The van der Waals surface area contributed by atoms with E-state index in [2.05, 4.69) is 5.32 Å². The van der Waals surface area contributed by atoms with Crippen molar-refractivity contribution >= 4 is 5.91 Å². The van der Waals surface area contributed by atoms with E-state index in [1.165, 1.54) is 25.0 Å². The maximum atomic E-state index is 11.8. The Morgan fingerprint density at radius 2 is 2.05 bits per heavy atom. The van der Waals surface area contributed by atoms with Crippen molar-refractivity contribution in [2.24, 2.45) is 0 Å². The first-order valence-corrected chi connectivity index (χ1v) is 6.58. The average Bonchev–Trinajstić information content (AvgIpc) is 2.87. The number of phenolic OH excluding ortho intramolecular Hbond substituents is 2. The zero-order chi connectivity index (χ0) is 13.7. The number of nitrogens with one attached hydrogen (secondary N) is 1. The molecule has 0 atom stereocenters. The lowest BCUT2D eigenvalue weighted by Gasteiger charge is -2.11. The van der Waals surface area contributed by atoms with E-state index in [0.717, 1.165) is 18.9 Å². The van der Waals surface area contributed by atoms with E-state index in [0.29, 0.717) is 19.3 Å². The number of ether oxygens (including phenoxy) is 1. The molecule has 0 aromatic heterocycles. The van der Waals surface area contributed by atoms with Crippen molar-refractivity contribution in [1.29, 1.82) is 0 Å². The van der Waals surface area contributed by atoms with Gasteiger partial charge in [0.2, 0.25) is 0 Å². The van der Waals surface area contributed by atoms with Crippen molar-refractivity contribution in [1.82, 2.24) is 5.32 Å². The predicted octanol–water partition coefficient (Wildman–Crippen LogP) is 1.79. The van der Waals surface area contributed by atoms with Crippen LogP contribution in [0.5, 0.6) is 11.5 Å². The molecule has 0 unspecified atom stereocenters. The van der Waals surface area contributed by atoms with E-state index in [4.69, 9.17) is 9.84 Å². The highest BCUT2D eigenvalue weighted by atomic mass is 16.5. The van der Waals surface area contributed by atoms with Gasteiger partial charge in [0.1, 0.15) is 11.5 Å². The minimum atomic E-state index is -0.368. The fourth-order valence-corrected chi connectivity index (χ4v) is 2.25. The highest BCUT2D eigenvalue weighted by Gasteiger charge is 2.15. The van der Waals surface area contributed by atoms with Gasteiger partial charge in [0.25, 0.3) is 5.91 Å². The Kier molecular flexibility index (Phi) is 4.63. The Morgan fingerprint density at radius 1 is 1.32 bits per heavy atom. The molecule has 19 heavy (non-hydrogen) atoms. The third kappa shape index (κ3) is 3.86. The molecule has 0 radical (unpaired) electrons. The summed E-state index contributed by atoms with van der Waals surface area (Å²) < 4.78 is 5.62. The Balaban J connectivity index is 1.74. The number of rotatable bonds is 5. The summed E-state index contributed by atoms with van der Waals surface area (Å²) in [4.78, 5) is 11.8. The first kappa shape index (κ1) is 13.7.